The third kappa shape index (κ3) is 2.09. The second kappa shape index (κ2) is 4.62. The Morgan fingerprint density at radius 1 is 1.50 bits per heavy atom. The van der Waals surface area contributed by atoms with Gasteiger partial charge in [0.05, 0.1) is 11.5 Å². The molecular formula is C12H13N3O2S. The van der Waals surface area contributed by atoms with Crippen molar-refractivity contribution in [3.8, 4) is 0 Å². The SMILES string of the molecule is O=c1nc(N2CCCC(O)C2)sc2ncccc12. The summed E-state index contributed by atoms with van der Waals surface area (Å²) in [7, 11) is 0. The minimum absolute atomic E-state index is 0.244. The van der Waals surface area contributed by atoms with Crippen molar-refractivity contribution in [1.29, 1.82) is 0 Å². The predicted octanol–water partition coefficient (Wildman–Crippen LogP) is 1.01. The molecular weight excluding hydrogens is 250 g/mol. The van der Waals surface area contributed by atoms with Crippen LogP contribution in [0.15, 0.2) is 23.1 Å². The van der Waals surface area contributed by atoms with E-state index in [0.717, 1.165) is 19.4 Å². The first-order valence-electron chi connectivity index (χ1n) is 5.93. The Hall–Kier alpha value is -1.53. The first kappa shape index (κ1) is 11.6. The minimum atomic E-state index is -0.331. The van der Waals surface area contributed by atoms with Gasteiger partial charge in [0, 0.05) is 19.3 Å². The predicted molar refractivity (Wildman–Crippen MR) is 71.1 cm³/mol. The minimum Gasteiger partial charge on any atom is -0.391 e. The summed E-state index contributed by atoms with van der Waals surface area (Å²) in [4.78, 5) is 22.9. The average Bonchev–Trinajstić information content (AvgIpc) is 2.39. The van der Waals surface area contributed by atoms with E-state index >= 15 is 0 Å². The molecule has 0 aliphatic carbocycles. The van der Waals surface area contributed by atoms with Gasteiger partial charge < -0.3 is 10.0 Å². The fourth-order valence-corrected chi connectivity index (χ4v) is 3.13. The van der Waals surface area contributed by atoms with Crippen LogP contribution >= 0.6 is 11.3 Å². The lowest BCUT2D eigenvalue weighted by Gasteiger charge is -2.30. The highest BCUT2D eigenvalue weighted by molar-refractivity contribution is 7.21. The monoisotopic (exact) mass is 263 g/mol. The van der Waals surface area contributed by atoms with Gasteiger partial charge >= 0.3 is 0 Å². The highest BCUT2D eigenvalue weighted by atomic mass is 32.1. The molecule has 2 aromatic rings. The van der Waals surface area contributed by atoms with Crippen molar-refractivity contribution in [3.63, 3.8) is 0 Å². The number of aliphatic hydroxyl groups is 1. The summed E-state index contributed by atoms with van der Waals surface area (Å²) in [5, 5.41) is 10.9. The highest BCUT2D eigenvalue weighted by Gasteiger charge is 2.20. The molecule has 94 valence electrons. The van der Waals surface area contributed by atoms with Crippen molar-refractivity contribution in [3.05, 3.63) is 28.7 Å². The maximum atomic E-state index is 11.9. The third-order valence-electron chi connectivity index (χ3n) is 3.05. The van der Waals surface area contributed by atoms with Crippen LogP contribution in [-0.2, 0) is 0 Å². The lowest BCUT2D eigenvalue weighted by atomic mass is 10.1. The number of anilines is 1. The molecule has 1 atom stereocenters. The molecule has 1 aliphatic rings. The number of rotatable bonds is 1. The Labute approximate surface area is 108 Å². The van der Waals surface area contributed by atoms with Gasteiger partial charge in [-0.05, 0) is 25.0 Å². The second-order valence-corrected chi connectivity index (χ2v) is 5.36. The summed E-state index contributed by atoms with van der Waals surface area (Å²) in [6.45, 7) is 1.37. The number of β-amino-alcohol motifs (C(OH)–C–C–N with tert-alkyl or cyclic N) is 1. The van der Waals surface area contributed by atoms with Gasteiger partial charge in [-0.15, -0.1) is 0 Å². The Morgan fingerprint density at radius 2 is 2.39 bits per heavy atom. The van der Waals surface area contributed by atoms with Gasteiger partial charge in [-0.1, -0.05) is 11.3 Å². The number of aliphatic hydroxyl groups excluding tert-OH is 1. The van der Waals surface area contributed by atoms with Crippen molar-refractivity contribution in [2.45, 2.75) is 18.9 Å². The summed E-state index contributed by atoms with van der Waals surface area (Å²) in [6.07, 6.45) is 3.08. The third-order valence-corrected chi connectivity index (χ3v) is 4.10. The Bertz CT molecular complexity index is 628. The molecule has 6 heteroatoms. The van der Waals surface area contributed by atoms with Crippen molar-refractivity contribution < 1.29 is 5.11 Å². The molecule has 18 heavy (non-hydrogen) atoms. The first-order valence-corrected chi connectivity index (χ1v) is 6.74. The van der Waals surface area contributed by atoms with Gasteiger partial charge in [0.1, 0.15) is 4.83 Å². The van der Waals surface area contributed by atoms with Crippen molar-refractivity contribution in [1.82, 2.24) is 9.97 Å². The molecule has 0 bridgehead atoms. The Kier molecular flexibility index (Phi) is 2.97. The maximum absolute atomic E-state index is 11.9. The molecule has 0 aromatic carbocycles. The zero-order valence-electron chi connectivity index (χ0n) is 9.74. The van der Waals surface area contributed by atoms with E-state index in [1.807, 2.05) is 4.90 Å². The van der Waals surface area contributed by atoms with Gasteiger partial charge in [0.15, 0.2) is 5.13 Å². The molecule has 0 saturated carbocycles. The van der Waals surface area contributed by atoms with Crippen LogP contribution in [0, 0.1) is 0 Å². The lowest BCUT2D eigenvalue weighted by Crippen LogP contribution is -2.39. The van der Waals surface area contributed by atoms with Crippen LogP contribution in [0.4, 0.5) is 5.13 Å². The standard InChI is InChI=1S/C12H13N3O2S/c16-8-3-2-6-15(7-8)12-14-10(17)9-4-1-5-13-11(9)18-12/h1,4-5,8,16H,2-3,6-7H2. The quantitative estimate of drug-likeness (QED) is 0.832. The molecule has 2 aromatic heterocycles. The van der Waals surface area contributed by atoms with E-state index < -0.39 is 0 Å². The Balaban J connectivity index is 2.04. The van der Waals surface area contributed by atoms with E-state index in [1.54, 1.807) is 18.3 Å². The van der Waals surface area contributed by atoms with E-state index in [4.69, 9.17) is 0 Å². The summed E-state index contributed by atoms with van der Waals surface area (Å²) >= 11 is 1.40. The summed E-state index contributed by atoms with van der Waals surface area (Å²) < 4.78 is 0. The number of aromatic nitrogens is 2. The van der Waals surface area contributed by atoms with E-state index in [9.17, 15) is 9.90 Å². The zero-order chi connectivity index (χ0) is 12.5. The zero-order valence-corrected chi connectivity index (χ0v) is 10.6. The fraction of sp³-hybridized carbons (Fsp3) is 0.417. The van der Waals surface area contributed by atoms with Gasteiger partial charge in [-0.25, -0.2) is 4.98 Å². The normalized spacial score (nSPS) is 20.3. The molecule has 1 unspecified atom stereocenters. The number of fused-ring (bicyclic) bond motifs is 1. The van der Waals surface area contributed by atoms with Gasteiger partial charge in [0.2, 0.25) is 0 Å². The smallest absolute Gasteiger partial charge is 0.282 e. The average molecular weight is 263 g/mol. The summed E-state index contributed by atoms with van der Waals surface area (Å²) in [5.41, 5.74) is -0.244. The van der Waals surface area contributed by atoms with E-state index in [1.165, 1.54) is 11.3 Å². The number of hydrogen-bond acceptors (Lipinski definition) is 6. The second-order valence-electron chi connectivity index (χ2n) is 4.40. The molecule has 1 N–H and O–H groups in total. The van der Waals surface area contributed by atoms with E-state index in [0.29, 0.717) is 21.9 Å². The fourth-order valence-electron chi connectivity index (χ4n) is 2.16. The number of hydrogen-bond donors (Lipinski definition) is 1. The number of pyridine rings is 1. The Morgan fingerprint density at radius 3 is 3.22 bits per heavy atom. The molecule has 0 amide bonds. The van der Waals surface area contributed by atoms with Crippen LogP contribution in [0.5, 0.6) is 0 Å². The number of piperidine rings is 1. The summed E-state index contributed by atoms with van der Waals surface area (Å²) in [6, 6.07) is 3.48. The summed E-state index contributed by atoms with van der Waals surface area (Å²) in [5.74, 6) is 0. The highest BCUT2D eigenvalue weighted by Crippen LogP contribution is 2.24. The van der Waals surface area contributed by atoms with Crippen LogP contribution in [0.2, 0.25) is 0 Å². The maximum Gasteiger partial charge on any atom is 0.282 e. The van der Waals surface area contributed by atoms with Crippen LogP contribution in [0.3, 0.4) is 0 Å². The molecule has 1 aliphatic heterocycles. The van der Waals surface area contributed by atoms with Gasteiger partial charge in [-0.3, -0.25) is 4.79 Å². The van der Waals surface area contributed by atoms with Crippen LogP contribution in [0.1, 0.15) is 12.8 Å². The molecule has 3 heterocycles. The van der Waals surface area contributed by atoms with Gasteiger partial charge in [-0.2, -0.15) is 4.98 Å². The van der Waals surface area contributed by atoms with Crippen LogP contribution in [-0.4, -0.2) is 34.3 Å². The molecule has 0 spiro atoms. The lowest BCUT2D eigenvalue weighted by molar-refractivity contribution is 0.154. The number of nitrogens with zero attached hydrogens (tertiary/aromatic N) is 3. The van der Waals surface area contributed by atoms with E-state index in [2.05, 4.69) is 9.97 Å². The first-order chi connectivity index (χ1) is 8.74. The van der Waals surface area contributed by atoms with Crippen molar-refractivity contribution in [2.75, 3.05) is 18.0 Å². The topological polar surface area (TPSA) is 66.3 Å². The molecule has 0 radical (unpaired) electrons. The molecule has 5 nitrogen and oxygen atoms in total. The molecule has 3 rings (SSSR count). The molecule has 1 fully saturated rings. The molecule has 1 saturated heterocycles. The largest absolute Gasteiger partial charge is 0.391 e. The van der Waals surface area contributed by atoms with Crippen LogP contribution < -0.4 is 10.5 Å². The van der Waals surface area contributed by atoms with E-state index in [-0.39, 0.29) is 11.7 Å². The van der Waals surface area contributed by atoms with Gasteiger partial charge in [0.25, 0.3) is 5.56 Å². The van der Waals surface area contributed by atoms with Crippen molar-refractivity contribution in [2.24, 2.45) is 0 Å². The van der Waals surface area contributed by atoms with Crippen molar-refractivity contribution >= 4 is 26.7 Å². The van der Waals surface area contributed by atoms with Crippen LogP contribution in [0.25, 0.3) is 10.2 Å².